The van der Waals surface area contributed by atoms with E-state index in [0.717, 1.165) is 113 Å². The second-order valence-electron chi connectivity index (χ2n) is 27.0. The van der Waals surface area contributed by atoms with Crippen molar-refractivity contribution in [2.45, 2.75) is 133 Å². The number of aromatic hydroxyl groups is 1. The van der Waals surface area contributed by atoms with Crippen LogP contribution in [0, 0.1) is 20.8 Å². The zero-order valence-electron chi connectivity index (χ0n) is 60.8. The number of aromatic nitrogens is 6. The van der Waals surface area contributed by atoms with Crippen molar-refractivity contribution in [1.29, 1.82) is 0 Å². The SMILES string of the molecule is CC1(C)OC[C@@H](CO)O1.CCS(=O)(=O)c1cccc(-c2ccc(O)c3[nH]c4ncc(C)cc4c23)c1.CCS(=O)(=O)c1cccc(-c2ccc(OCC(O)O)c3[nH]c4ncc(C)cc4c23)c1.CCS(=O)(=O)c1cccc(-c2ccc(OC[C@@H]3COC(C)(C)O3)c3[nH]c4ncc(C)cc4c23)c1.OCC1CCCO1. The third-order valence-electron chi connectivity index (χ3n) is 18.2. The highest BCUT2D eigenvalue weighted by Crippen LogP contribution is 2.43. The van der Waals surface area contributed by atoms with E-state index in [1.807, 2.05) is 109 Å². The lowest BCUT2D eigenvalue weighted by Crippen LogP contribution is -2.25. The van der Waals surface area contributed by atoms with E-state index < -0.39 is 47.4 Å². The normalized spacial score (nSPS) is 17.1. The fourth-order valence-corrected chi connectivity index (χ4v) is 15.6. The number of hydrogen-bond donors (Lipinski definition) is 8. The molecule has 3 aliphatic heterocycles. The van der Waals surface area contributed by atoms with Gasteiger partial charge in [-0.3, -0.25) is 0 Å². The third-order valence-corrected chi connectivity index (χ3v) is 23.4. The number of aromatic amines is 3. The number of phenolic OH excluding ortho intramolecular Hbond substituents is 1. The summed E-state index contributed by atoms with van der Waals surface area (Å²) in [5.41, 5.74) is 12.1. The van der Waals surface area contributed by atoms with Crippen molar-refractivity contribution in [2.24, 2.45) is 0 Å². The standard InChI is InChI=1S/C26H28N2O5S.C22H22N2O5S.C20H18N2O3S.C6H12O3.C5H10O2/c1-5-34(29,30)19-8-6-7-17(12-19)20-9-10-22(31-14-18-15-32-26(3,4)33-18)24-23(20)21-11-16(2)13-27-25(21)28-24;1-3-30(27,28)15-6-4-5-14(10-15)16-7-8-18(29-12-19(25)26)21-20(16)17-9-13(2)11-23-22(17)24-21;1-3-26(24,25)14-6-4-5-13(10-14)15-7-8-17(23)19-18(15)16-9-12(2)11-21-20(16)22-19;1-6(2)8-4-5(3-7)9-6;6-4-5-2-1-3-7-5/h6-13,18H,5,14-15H2,1-4H3,(H,27,28);4-11,19,25-26H,3,12H2,1-2H3,(H,23,24);4-11,23H,3H2,1-2H3,(H,21,22);5,7H,3-4H2,1-2H3;5-6H,1-4H2/t18-;;;5-;/m1..1./s1. The van der Waals surface area contributed by atoms with Crippen LogP contribution in [0.3, 0.4) is 0 Å². The number of H-pyrrole nitrogens is 3. The number of sulfone groups is 3. The van der Waals surface area contributed by atoms with E-state index >= 15 is 0 Å². The minimum Gasteiger partial charge on any atom is -0.506 e. The fourth-order valence-electron chi connectivity index (χ4n) is 12.8. The Bertz CT molecular complexity index is 5520. The van der Waals surface area contributed by atoms with Crippen molar-refractivity contribution in [2.75, 3.05) is 63.5 Å². The summed E-state index contributed by atoms with van der Waals surface area (Å²) in [5.74, 6) is 0.299. The molecular formula is C79H90N6O18S3. The molecule has 1 unspecified atom stereocenters. The van der Waals surface area contributed by atoms with Crippen LogP contribution < -0.4 is 9.47 Å². The number of phenols is 1. The van der Waals surface area contributed by atoms with Gasteiger partial charge < -0.3 is 73.6 Å². The predicted molar refractivity (Wildman–Crippen MR) is 408 cm³/mol. The first kappa shape index (κ1) is 78.1. The summed E-state index contributed by atoms with van der Waals surface area (Å²) in [6, 6.07) is 37.8. The van der Waals surface area contributed by atoms with Crippen molar-refractivity contribution in [3.63, 3.8) is 0 Å². The van der Waals surface area contributed by atoms with Crippen molar-refractivity contribution in [3.05, 3.63) is 163 Å². The number of benzene rings is 6. The zero-order chi connectivity index (χ0) is 76.0. The van der Waals surface area contributed by atoms with Gasteiger partial charge in [-0.1, -0.05) is 57.2 Å². The van der Waals surface area contributed by atoms with Crippen LogP contribution in [-0.4, -0.2) is 180 Å². The van der Waals surface area contributed by atoms with Gasteiger partial charge in [0.05, 0.1) is 81.0 Å². The number of aliphatic hydroxyl groups excluding tert-OH is 3. The predicted octanol–water partition coefficient (Wildman–Crippen LogP) is 12.7. The van der Waals surface area contributed by atoms with Gasteiger partial charge in [0.25, 0.3) is 0 Å². The number of aryl methyl sites for hydroxylation is 3. The molecule has 3 fully saturated rings. The molecular weight excluding hydrogens is 1420 g/mol. The molecule has 6 aromatic heterocycles. The Balaban J connectivity index is 0.000000144. The molecule has 27 heteroatoms. The highest BCUT2D eigenvalue weighted by Gasteiger charge is 2.34. The van der Waals surface area contributed by atoms with Gasteiger partial charge in [-0.25, -0.2) is 40.2 Å². The maximum atomic E-state index is 12.5. The Kier molecular flexibility index (Phi) is 24.1. The summed E-state index contributed by atoms with van der Waals surface area (Å²) in [5, 5.41) is 51.0. The summed E-state index contributed by atoms with van der Waals surface area (Å²) >= 11 is 0. The highest BCUT2D eigenvalue weighted by molar-refractivity contribution is 7.92. The van der Waals surface area contributed by atoms with Gasteiger partial charge >= 0.3 is 0 Å². The van der Waals surface area contributed by atoms with Crippen LogP contribution in [0.4, 0.5) is 0 Å². The molecule has 0 saturated carbocycles. The minimum absolute atomic E-state index is 0.0261. The Morgan fingerprint density at radius 1 is 0.509 bits per heavy atom. The molecule has 9 heterocycles. The molecule has 3 saturated heterocycles. The molecule has 3 aliphatic rings. The van der Waals surface area contributed by atoms with Crippen LogP contribution in [0.1, 0.15) is 78.0 Å². The topological polar surface area (TPSA) is 354 Å². The Labute approximate surface area is 615 Å². The number of fused-ring (bicyclic) bond motifs is 9. The lowest BCUT2D eigenvalue weighted by molar-refractivity contribution is -0.142. The van der Waals surface area contributed by atoms with Gasteiger partial charge in [-0.15, -0.1) is 0 Å². The van der Waals surface area contributed by atoms with E-state index in [2.05, 4.69) is 36.0 Å². The van der Waals surface area contributed by atoms with Crippen LogP contribution in [-0.2, 0) is 53.2 Å². The van der Waals surface area contributed by atoms with Gasteiger partial charge in [0.1, 0.15) is 59.6 Å². The molecule has 12 aromatic rings. The van der Waals surface area contributed by atoms with E-state index in [-0.39, 0.29) is 66.0 Å². The molecule has 562 valence electrons. The van der Waals surface area contributed by atoms with Crippen LogP contribution in [0.25, 0.3) is 99.2 Å². The second kappa shape index (κ2) is 32.6. The molecule has 0 radical (unpaired) electrons. The average Bonchev–Trinajstić information content (AvgIpc) is 1.60. The number of aliphatic hydroxyl groups is 4. The van der Waals surface area contributed by atoms with Crippen molar-refractivity contribution < 1.29 is 83.9 Å². The number of nitrogens with zero attached hydrogens (tertiary/aromatic N) is 3. The largest absolute Gasteiger partial charge is 0.506 e. The van der Waals surface area contributed by atoms with Crippen LogP contribution in [0.2, 0.25) is 0 Å². The third kappa shape index (κ3) is 17.9. The quantitative estimate of drug-likeness (QED) is 0.0393. The molecule has 15 rings (SSSR count). The first-order chi connectivity index (χ1) is 50.4. The van der Waals surface area contributed by atoms with Gasteiger partial charge in [0, 0.05) is 57.5 Å². The molecule has 0 amide bonds. The van der Waals surface area contributed by atoms with Crippen molar-refractivity contribution in [1.82, 2.24) is 29.9 Å². The molecule has 106 heavy (non-hydrogen) atoms. The molecule has 0 bridgehead atoms. The van der Waals surface area contributed by atoms with Gasteiger partial charge in [0.15, 0.2) is 47.4 Å². The first-order valence-electron chi connectivity index (χ1n) is 34.9. The summed E-state index contributed by atoms with van der Waals surface area (Å²) in [4.78, 5) is 24.1. The average molecular weight is 1510 g/mol. The lowest BCUT2D eigenvalue weighted by atomic mass is 9.99. The summed E-state index contributed by atoms with van der Waals surface area (Å²) < 4.78 is 113. The monoisotopic (exact) mass is 1510 g/mol. The van der Waals surface area contributed by atoms with E-state index in [4.69, 9.17) is 43.4 Å². The first-order valence-corrected chi connectivity index (χ1v) is 39.9. The summed E-state index contributed by atoms with van der Waals surface area (Å²) in [6.07, 6.45) is 5.76. The summed E-state index contributed by atoms with van der Waals surface area (Å²) in [7, 11) is -9.96. The molecule has 24 nitrogen and oxygen atoms in total. The van der Waals surface area contributed by atoms with Gasteiger partial charge in [-0.2, -0.15) is 0 Å². The number of nitrogens with one attached hydrogen (secondary N) is 3. The maximum Gasteiger partial charge on any atom is 0.186 e. The Hall–Kier alpha value is -8.94. The van der Waals surface area contributed by atoms with Crippen LogP contribution >= 0.6 is 0 Å². The van der Waals surface area contributed by atoms with E-state index in [1.54, 1.807) is 99.9 Å². The molecule has 3 atom stereocenters. The Morgan fingerprint density at radius 3 is 1.25 bits per heavy atom. The van der Waals surface area contributed by atoms with E-state index in [0.29, 0.717) is 63.4 Å². The maximum absolute atomic E-state index is 12.5. The highest BCUT2D eigenvalue weighted by atomic mass is 32.2. The fraction of sp³-hybridized carbons (Fsp3) is 0.354. The Morgan fingerprint density at radius 2 is 0.896 bits per heavy atom. The second-order valence-corrected chi connectivity index (χ2v) is 33.8. The van der Waals surface area contributed by atoms with Crippen LogP contribution in [0.5, 0.6) is 17.2 Å². The smallest absolute Gasteiger partial charge is 0.186 e. The number of hydrogen-bond acceptors (Lipinski definition) is 21. The number of ether oxygens (including phenoxy) is 7. The summed E-state index contributed by atoms with van der Waals surface area (Å²) in [6.45, 7) is 20.4. The number of rotatable bonds is 17. The van der Waals surface area contributed by atoms with Crippen molar-refractivity contribution in [3.8, 4) is 50.6 Å². The van der Waals surface area contributed by atoms with Gasteiger partial charge in [-0.05, 0) is 202 Å². The molecule has 6 aromatic carbocycles. The molecule has 0 aliphatic carbocycles. The zero-order valence-corrected chi connectivity index (χ0v) is 63.2. The van der Waals surface area contributed by atoms with E-state index in [1.165, 1.54) is 0 Å². The van der Waals surface area contributed by atoms with Crippen molar-refractivity contribution >= 4 is 95.3 Å². The lowest BCUT2D eigenvalue weighted by Gasteiger charge is -2.17. The van der Waals surface area contributed by atoms with Crippen LogP contribution in [0.15, 0.2) is 161 Å². The number of pyridine rings is 3. The molecule has 0 spiro atoms. The van der Waals surface area contributed by atoms with E-state index in [9.17, 15) is 40.6 Å². The van der Waals surface area contributed by atoms with Gasteiger partial charge in [0.2, 0.25) is 0 Å². The molecule has 8 N–H and O–H groups in total. The minimum atomic E-state index is -3.34.